The van der Waals surface area contributed by atoms with Gasteiger partial charge in [-0.25, -0.2) is 0 Å². The highest BCUT2D eigenvalue weighted by Crippen LogP contribution is 2.51. The highest BCUT2D eigenvalue weighted by atomic mass is 32.1. The van der Waals surface area contributed by atoms with Gasteiger partial charge < -0.3 is 9.47 Å². The monoisotopic (exact) mass is 272 g/mol. The fourth-order valence-electron chi connectivity index (χ4n) is 4.23. The van der Waals surface area contributed by atoms with E-state index in [0.29, 0.717) is 5.24 Å². The van der Waals surface area contributed by atoms with Crippen LogP contribution in [0.3, 0.4) is 0 Å². The Morgan fingerprint density at radius 3 is 1.71 bits per heavy atom. The molecule has 0 aliphatic carbocycles. The lowest BCUT2D eigenvalue weighted by atomic mass is 9.76. The van der Waals surface area contributed by atoms with Crippen molar-refractivity contribution < 1.29 is 9.47 Å². The smallest absolute Gasteiger partial charge is 0.353 e. The number of fused-ring (bicyclic) bond motifs is 1. The summed E-state index contributed by atoms with van der Waals surface area (Å²) in [6.07, 6.45) is 0.249. The average molecular weight is 272 g/mol. The van der Waals surface area contributed by atoms with Crippen LogP contribution >= 0.6 is 12.2 Å². The van der Waals surface area contributed by atoms with Crippen LogP contribution in [0, 0.1) is 10.8 Å². The fraction of sp³-hybridized carbons (Fsp3) is 0.923. The summed E-state index contributed by atoms with van der Waals surface area (Å²) in [5.41, 5.74) is 0.323. The van der Waals surface area contributed by atoms with E-state index in [-0.39, 0.29) is 23.0 Å². The van der Waals surface area contributed by atoms with E-state index in [1.165, 1.54) is 12.1 Å². The predicted octanol–water partition coefficient (Wildman–Crippen LogP) is 3.83. The Morgan fingerprint density at radius 2 is 1.35 bits per heavy atom. The summed E-state index contributed by atoms with van der Waals surface area (Å²) in [7, 11) is -1.20. The van der Waals surface area contributed by atoms with Crippen LogP contribution < -0.4 is 0 Å². The first kappa shape index (κ1) is 13.3. The molecular weight excluding hydrogens is 248 g/mol. The molecule has 0 amide bonds. The number of thiocarbonyl (C=S) groups is 1. The Labute approximate surface area is 111 Å². The molecule has 0 unspecified atom stereocenters. The second-order valence-corrected chi connectivity index (χ2v) is 13.2. The quantitative estimate of drug-likeness (QED) is 0.493. The molecule has 0 bridgehead atoms. The van der Waals surface area contributed by atoms with Crippen LogP contribution in [0.2, 0.25) is 25.2 Å². The predicted molar refractivity (Wildman–Crippen MR) is 77.0 cm³/mol. The third-order valence-corrected chi connectivity index (χ3v) is 8.06. The molecule has 2 fully saturated rings. The van der Waals surface area contributed by atoms with Gasteiger partial charge >= 0.3 is 5.24 Å². The maximum absolute atomic E-state index is 5.82. The molecule has 0 N–H and O–H groups in total. The summed E-state index contributed by atoms with van der Waals surface area (Å²) >= 11 is 5.11. The molecule has 2 nitrogen and oxygen atoms in total. The summed E-state index contributed by atoms with van der Waals surface area (Å²) in [4.78, 5) is 0. The molecular formula is C13H24O2SSi. The highest BCUT2D eigenvalue weighted by Gasteiger charge is 2.56. The lowest BCUT2D eigenvalue weighted by molar-refractivity contribution is 0.00738. The van der Waals surface area contributed by atoms with Crippen LogP contribution in [0.4, 0.5) is 0 Å². The summed E-state index contributed by atoms with van der Waals surface area (Å²) in [5, 5.41) is 0.350. The zero-order chi connectivity index (χ0) is 13.1. The lowest BCUT2D eigenvalue weighted by Crippen LogP contribution is -2.42. The first-order valence-electron chi connectivity index (χ1n) is 6.41. The van der Waals surface area contributed by atoms with E-state index in [1.807, 2.05) is 0 Å². The molecule has 0 aromatic rings. The van der Waals surface area contributed by atoms with Crippen molar-refractivity contribution in [1.29, 1.82) is 0 Å². The van der Waals surface area contributed by atoms with E-state index in [1.54, 1.807) is 0 Å². The molecule has 17 heavy (non-hydrogen) atoms. The van der Waals surface area contributed by atoms with Gasteiger partial charge in [0.25, 0.3) is 0 Å². The summed E-state index contributed by atoms with van der Waals surface area (Å²) in [6.45, 7) is 14.2. The minimum atomic E-state index is -1.20. The maximum atomic E-state index is 5.82. The maximum Gasteiger partial charge on any atom is 0.353 e. The molecule has 0 radical (unpaired) electrons. The van der Waals surface area contributed by atoms with Crippen molar-refractivity contribution in [2.45, 2.75) is 65.1 Å². The van der Waals surface area contributed by atoms with Crippen molar-refractivity contribution in [3.8, 4) is 0 Å². The van der Waals surface area contributed by atoms with Crippen molar-refractivity contribution in [2.75, 3.05) is 0 Å². The van der Waals surface area contributed by atoms with Gasteiger partial charge in [-0.1, -0.05) is 40.8 Å². The summed E-state index contributed by atoms with van der Waals surface area (Å²) in [6, 6.07) is 2.55. The van der Waals surface area contributed by atoms with Gasteiger partial charge in [0.2, 0.25) is 0 Å². The van der Waals surface area contributed by atoms with Crippen molar-refractivity contribution in [3.63, 3.8) is 0 Å². The highest BCUT2D eigenvalue weighted by molar-refractivity contribution is 7.79. The third kappa shape index (κ3) is 2.39. The third-order valence-electron chi connectivity index (χ3n) is 4.13. The van der Waals surface area contributed by atoms with Gasteiger partial charge in [-0.05, 0) is 12.1 Å². The molecule has 2 aliphatic heterocycles. The molecule has 0 spiro atoms. The van der Waals surface area contributed by atoms with E-state index in [2.05, 4.69) is 40.8 Å². The minimum Gasteiger partial charge on any atom is -0.449 e. The number of hydrogen-bond acceptors (Lipinski definition) is 3. The van der Waals surface area contributed by atoms with Crippen LogP contribution in [-0.2, 0) is 9.47 Å². The normalized spacial score (nSPS) is 37.6. The molecule has 2 heterocycles. The van der Waals surface area contributed by atoms with E-state index >= 15 is 0 Å². The number of hydrogen-bond donors (Lipinski definition) is 0. The number of rotatable bonds is 0. The second-order valence-electron chi connectivity index (χ2n) is 7.82. The van der Waals surface area contributed by atoms with Gasteiger partial charge in [-0.3, -0.25) is 0 Å². The van der Waals surface area contributed by atoms with Crippen LogP contribution in [0.15, 0.2) is 0 Å². The van der Waals surface area contributed by atoms with Gasteiger partial charge in [0, 0.05) is 31.1 Å². The van der Waals surface area contributed by atoms with Crippen LogP contribution in [-0.4, -0.2) is 25.5 Å². The second kappa shape index (κ2) is 3.70. The Morgan fingerprint density at radius 1 is 1.00 bits per heavy atom. The lowest BCUT2D eigenvalue weighted by Gasteiger charge is -2.34. The standard InChI is InChI=1S/C13H24O2SSi/c1-12(2)7-17(5,6)8-13(3,4)10-9(12)14-11(16)15-10/h9-10H,7-8H2,1-6H3/t9-,10-/m0/s1. The molecule has 98 valence electrons. The van der Waals surface area contributed by atoms with Crippen molar-refractivity contribution in [2.24, 2.45) is 10.8 Å². The van der Waals surface area contributed by atoms with Gasteiger partial charge in [0.1, 0.15) is 12.2 Å². The summed E-state index contributed by atoms with van der Waals surface area (Å²) in [5.74, 6) is 0. The Balaban J connectivity index is 2.41. The molecule has 4 heteroatoms. The Hall–Kier alpha value is -0.0931. The molecule has 2 atom stereocenters. The van der Waals surface area contributed by atoms with Gasteiger partial charge in [0.15, 0.2) is 0 Å². The van der Waals surface area contributed by atoms with Gasteiger partial charge in [-0.2, -0.15) is 0 Å². The van der Waals surface area contributed by atoms with Gasteiger partial charge in [0.05, 0.1) is 0 Å². The number of ether oxygens (including phenoxy) is 2. The topological polar surface area (TPSA) is 18.5 Å². The molecule has 2 aliphatic rings. The molecule has 2 saturated heterocycles. The molecule has 0 aromatic heterocycles. The largest absolute Gasteiger partial charge is 0.449 e. The van der Waals surface area contributed by atoms with Crippen LogP contribution in [0.25, 0.3) is 0 Å². The van der Waals surface area contributed by atoms with E-state index in [4.69, 9.17) is 21.7 Å². The minimum absolute atomic E-state index is 0.124. The van der Waals surface area contributed by atoms with Crippen LogP contribution in [0.5, 0.6) is 0 Å². The van der Waals surface area contributed by atoms with Crippen LogP contribution in [0.1, 0.15) is 27.7 Å². The van der Waals surface area contributed by atoms with Crippen molar-refractivity contribution >= 4 is 25.5 Å². The van der Waals surface area contributed by atoms with Gasteiger partial charge in [-0.15, -0.1) is 0 Å². The SMILES string of the molecule is CC1(C)C[Si](C)(C)CC(C)(C)[C@H]2OC(=S)O[C@@H]21. The average Bonchev–Trinajstić information content (AvgIpc) is 2.40. The summed E-state index contributed by atoms with van der Waals surface area (Å²) < 4.78 is 11.6. The molecule has 0 aromatic carbocycles. The first-order valence-corrected chi connectivity index (χ1v) is 10.2. The van der Waals surface area contributed by atoms with E-state index in [9.17, 15) is 0 Å². The zero-order valence-electron chi connectivity index (χ0n) is 11.8. The first-order chi connectivity index (χ1) is 7.54. The Kier molecular flexibility index (Phi) is 2.90. The molecule has 2 rings (SSSR count). The van der Waals surface area contributed by atoms with E-state index in [0.717, 1.165) is 0 Å². The zero-order valence-corrected chi connectivity index (χ0v) is 13.6. The molecule has 0 saturated carbocycles. The van der Waals surface area contributed by atoms with Crippen molar-refractivity contribution in [1.82, 2.24) is 0 Å². The fourth-order valence-corrected chi connectivity index (χ4v) is 9.90. The van der Waals surface area contributed by atoms with E-state index < -0.39 is 8.07 Å². The Bertz CT molecular complexity index is 319. The van der Waals surface area contributed by atoms with Crippen molar-refractivity contribution in [3.05, 3.63) is 0 Å².